The summed E-state index contributed by atoms with van der Waals surface area (Å²) in [4.78, 5) is 32.9. The Morgan fingerprint density at radius 1 is 0.842 bits per heavy atom. The van der Waals surface area contributed by atoms with E-state index < -0.39 is 12.0 Å². The number of methoxy groups -OCH3 is 2. The van der Waals surface area contributed by atoms with Crippen LogP contribution in [0.3, 0.4) is 0 Å². The molecule has 0 aliphatic carbocycles. The van der Waals surface area contributed by atoms with Crippen LogP contribution in [0.5, 0.6) is 11.5 Å². The topological polar surface area (TPSA) is 62.3 Å². The second-order valence-electron chi connectivity index (χ2n) is 9.59. The molecule has 2 atom stereocenters. The Labute approximate surface area is 222 Å². The number of para-hydroxylation sites is 1. The van der Waals surface area contributed by atoms with E-state index in [4.69, 9.17) is 9.47 Å². The number of carbonyl (C=O) groups is 2. The molecular weight excluding hydrogens is 485 g/mol. The van der Waals surface area contributed by atoms with Gasteiger partial charge in [-0.25, -0.2) is 4.39 Å². The van der Waals surface area contributed by atoms with E-state index in [2.05, 4.69) is 0 Å². The van der Waals surface area contributed by atoms with Gasteiger partial charge in [-0.3, -0.25) is 9.59 Å². The summed E-state index contributed by atoms with van der Waals surface area (Å²) in [5, 5.41) is 0. The lowest BCUT2D eigenvalue weighted by atomic mass is 9.82. The molecule has 7 nitrogen and oxygen atoms in total. The number of rotatable bonds is 6. The summed E-state index contributed by atoms with van der Waals surface area (Å²) in [6.45, 7) is 2.09. The molecule has 2 aliphatic heterocycles. The number of hydrogen-bond donors (Lipinski definition) is 0. The number of carbonyl (C=O) groups excluding carboxylic acids is 2. The number of piperidine rings is 1. The minimum atomic E-state index is -0.465. The maximum Gasteiger partial charge on any atom is 0.228 e. The molecule has 0 aromatic heterocycles. The molecule has 2 saturated heterocycles. The number of piperazine rings is 1. The van der Waals surface area contributed by atoms with Gasteiger partial charge in [0.05, 0.1) is 31.9 Å². The predicted octanol–water partition coefficient (Wildman–Crippen LogP) is 4.68. The van der Waals surface area contributed by atoms with Crippen LogP contribution in [0.15, 0.2) is 72.8 Å². The second kappa shape index (κ2) is 11.1. The lowest BCUT2D eigenvalue weighted by Gasteiger charge is -2.44. The molecule has 2 amide bonds. The van der Waals surface area contributed by atoms with E-state index in [1.165, 1.54) is 6.07 Å². The highest BCUT2D eigenvalue weighted by Gasteiger charge is 2.43. The van der Waals surface area contributed by atoms with E-state index in [9.17, 15) is 14.0 Å². The Kier molecular flexibility index (Phi) is 7.49. The van der Waals surface area contributed by atoms with Crippen LogP contribution in [0, 0.1) is 11.7 Å². The summed E-state index contributed by atoms with van der Waals surface area (Å²) in [5.74, 6) is 0.726. The summed E-state index contributed by atoms with van der Waals surface area (Å²) in [6, 6.07) is 21.2. The van der Waals surface area contributed by atoms with Gasteiger partial charge in [0.1, 0.15) is 17.3 Å². The van der Waals surface area contributed by atoms with Crippen molar-refractivity contribution in [2.75, 3.05) is 50.2 Å². The first kappa shape index (κ1) is 25.6. The van der Waals surface area contributed by atoms with Crippen molar-refractivity contribution < 1.29 is 23.5 Å². The van der Waals surface area contributed by atoms with Crippen LogP contribution < -0.4 is 19.3 Å². The normalized spacial score (nSPS) is 19.9. The first-order valence-corrected chi connectivity index (χ1v) is 12.9. The van der Waals surface area contributed by atoms with Crippen molar-refractivity contribution in [3.63, 3.8) is 0 Å². The van der Waals surface area contributed by atoms with Crippen molar-refractivity contribution in [2.24, 2.45) is 5.92 Å². The van der Waals surface area contributed by atoms with Crippen LogP contribution in [0.25, 0.3) is 0 Å². The van der Waals surface area contributed by atoms with Crippen LogP contribution in [0.4, 0.5) is 15.8 Å². The van der Waals surface area contributed by atoms with Gasteiger partial charge in [-0.05, 0) is 60.5 Å². The van der Waals surface area contributed by atoms with Gasteiger partial charge < -0.3 is 24.2 Å². The predicted molar refractivity (Wildman–Crippen MR) is 144 cm³/mol. The first-order chi connectivity index (χ1) is 18.5. The molecule has 2 fully saturated rings. The van der Waals surface area contributed by atoms with Gasteiger partial charge in [0, 0.05) is 38.3 Å². The molecular formula is C30H32FN3O4. The van der Waals surface area contributed by atoms with Gasteiger partial charge in [0.2, 0.25) is 11.8 Å². The van der Waals surface area contributed by atoms with Crippen LogP contribution in [-0.4, -0.2) is 57.1 Å². The summed E-state index contributed by atoms with van der Waals surface area (Å²) in [7, 11) is 3.21. The molecule has 0 bridgehead atoms. The van der Waals surface area contributed by atoms with Crippen molar-refractivity contribution in [2.45, 2.75) is 18.9 Å². The third-order valence-corrected chi connectivity index (χ3v) is 7.51. The molecule has 2 aliphatic rings. The van der Waals surface area contributed by atoms with E-state index >= 15 is 0 Å². The molecule has 38 heavy (non-hydrogen) atoms. The fourth-order valence-corrected chi connectivity index (χ4v) is 5.49. The Balaban J connectivity index is 1.42. The maximum atomic E-state index is 14.3. The van der Waals surface area contributed by atoms with Crippen LogP contribution in [0.1, 0.15) is 24.4 Å². The highest BCUT2D eigenvalue weighted by atomic mass is 19.1. The van der Waals surface area contributed by atoms with E-state index in [1.54, 1.807) is 31.3 Å². The zero-order valence-electron chi connectivity index (χ0n) is 21.7. The van der Waals surface area contributed by atoms with Gasteiger partial charge >= 0.3 is 0 Å². The lowest BCUT2D eigenvalue weighted by Crippen LogP contribution is -2.54. The first-order valence-electron chi connectivity index (χ1n) is 12.9. The number of benzene rings is 3. The van der Waals surface area contributed by atoms with E-state index in [0.717, 1.165) is 11.3 Å². The minimum absolute atomic E-state index is 0.0185. The van der Waals surface area contributed by atoms with E-state index in [-0.39, 0.29) is 24.1 Å². The van der Waals surface area contributed by atoms with Crippen molar-refractivity contribution in [3.05, 3.63) is 84.2 Å². The molecule has 8 heteroatoms. The Hall–Kier alpha value is -4.07. The van der Waals surface area contributed by atoms with Crippen molar-refractivity contribution in [3.8, 4) is 11.5 Å². The average Bonchev–Trinajstić information content (AvgIpc) is 2.97. The zero-order valence-corrected chi connectivity index (χ0v) is 21.7. The molecule has 0 spiro atoms. The Morgan fingerprint density at radius 2 is 1.45 bits per heavy atom. The quantitative estimate of drug-likeness (QED) is 0.475. The van der Waals surface area contributed by atoms with Crippen LogP contribution in [-0.2, 0) is 9.59 Å². The summed E-state index contributed by atoms with van der Waals surface area (Å²) in [5.41, 5.74) is 2.15. The summed E-state index contributed by atoms with van der Waals surface area (Å²) >= 11 is 0. The molecule has 2 heterocycles. The van der Waals surface area contributed by atoms with Crippen LogP contribution in [0.2, 0.25) is 0 Å². The molecule has 3 aromatic rings. The molecule has 3 aromatic carbocycles. The SMILES string of the molecule is COc1ccc([C@@H]2[C@@H](C(=O)N3CCN(c4ccccc4F)CC3)CCC(=O)N2c2ccc(OC)cc2)cc1. The number of ether oxygens (including phenoxy) is 2. The fraction of sp³-hybridized carbons (Fsp3) is 0.333. The minimum Gasteiger partial charge on any atom is -0.497 e. The summed E-state index contributed by atoms with van der Waals surface area (Å²) < 4.78 is 25.0. The molecule has 0 saturated carbocycles. The number of hydrogen-bond acceptors (Lipinski definition) is 5. The van der Waals surface area contributed by atoms with Crippen molar-refractivity contribution >= 4 is 23.2 Å². The van der Waals surface area contributed by atoms with E-state index in [0.29, 0.717) is 49.8 Å². The highest BCUT2D eigenvalue weighted by molar-refractivity contribution is 5.97. The fourth-order valence-electron chi connectivity index (χ4n) is 5.49. The third-order valence-electron chi connectivity index (χ3n) is 7.51. The van der Waals surface area contributed by atoms with Gasteiger partial charge in [0.15, 0.2) is 0 Å². The molecule has 5 rings (SSSR count). The second-order valence-corrected chi connectivity index (χ2v) is 9.59. The Morgan fingerprint density at radius 3 is 2.05 bits per heavy atom. The zero-order chi connectivity index (χ0) is 26.6. The Bertz CT molecular complexity index is 1270. The summed E-state index contributed by atoms with van der Waals surface area (Å²) in [6.07, 6.45) is 0.749. The van der Waals surface area contributed by atoms with Gasteiger partial charge in [-0.2, -0.15) is 0 Å². The number of halogens is 1. The molecule has 0 N–H and O–H groups in total. The maximum absolute atomic E-state index is 14.3. The largest absolute Gasteiger partial charge is 0.497 e. The van der Waals surface area contributed by atoms with Crippen LogP contribution >= 0.6 is 0 Å². The third kappa shape index (κ3) is 5.03. The van der Waals surface area contributed by atoms with E-state index in [1.807, 2.05) is 64.4 Å². The standard InChI is InChI=1S/C30H32FN3O4/c1-37-23-11-7-21(8-12-23)29-25(15-16-28(35)34(29)22-9-13-24(38-2)14-10-22)30(36)33-19-17-32(18-20-33)27-6-4-3-5-26(27)31/h3-14,25,29H,15-20H2,1-2H3/t25-,29+/m0/s1. The smallest absolute Gasteiger partial charge is 0.228 e. The average molecular weight is 518 g/mol. The molecule has 0 unspecified atom stereocenters. The van der Waals surface area contributed by atoms with Crippen molar-refractivity contribution in [1.82, 2.24) is 4.90 Å². The van der Waals surface area contributed by atoms with Gasteiger partial charge in [-0.1, -0.05) is 24.3 Å². The number of anilines is 2. The van der Waals surface area contributed by atoms with Gasteiger partial charge in [-0.15, -0.1) is 0 Å². The molecule has 198 valence electrons. The lowest BCUT2D eigenvalue weighted by molar-refractivity contribution is -0.138. The highest BCUT2D eigenvalue weighted by Crippen LogP contribution is 2.41. The number of amides is 2. The monoisotopic (exact) mass is 517 g/mol. The molecule has 0 radical (unpaired) electrons. The number of nitrogens with zero attached hydrogens (tertiary/aromatic N) is 3. The van der Waals surface area contributed by atoms with Gasteiger partial charge in [0.25, 0.3) is 0 Å². The van der Waals surface area contributed by atoms with Crippen molar-refractivity contribution in [1.29, 1.82) is 0 Å².